The van der Waals surface area contributed by atoms with Gasteiger partial charge < -0.3 is 4.90 Å². The minimum atomic E-state index is -4.45. The summed E-state index contributed by atoms with van der Waals surface area (Å²) in [7, 11) is -4.45. The standard InChI is InChI=1S/C17H13ClF4N2O3S/c18-11-9-15(22)14(21)8-10(11)17(25)23-4-6-24(7-5-23)28(26,27)16-12(19)2-1-3-13(16)20/h1-3,8-9H,4-7H2. The second kappa shape index (κ2) is 7.69. The third-order valence-electron chi connectivity index (χ3n) is 4.28. The molecule has 5 nitrogen and oxygen atoms in total. The van der Waals surface area contributed by atoms with Crippen molar-refractivity contribution in [2.75, 3.05) is 26.2 Å². The van der Waals surface area contributed by atoms with E-state index in [4.69, 9.17) is 11.6 Å². The zero-order valence-electron chi connectivity index (χ0n) is 14.1. The number of nitrogens with zero attached hydrogens (tertiary/aromatic N) is 2. The van der Waals surface area contributed by atoms with Gasteiger partial charge in [0.2, 0.25) is 10.0 Å². The van der Waals surface area contributed by atoms with Gasteiger partial charge in [0.15, 0.2) is 16.5 Å². The smallest absolute Gasteiger partial charge is 0.255 e. The van der Waals surface area contributed by atoms with Crippen LogP contribution in [0.3, 0.4) is 0 Å². The number of halogens is 5. The van der Waals surface area contributed by atoms with Gasteiger partial charge in [-0.2, -0.15) is 4.31 Å². The van der Waals surface area contributed by atoms with Crippen molar-refractivity contribution < 1.29 is 30.8 Å². The fourth-order valence-corrected chi connectivity index (χ4v) is 4.61. The highest BCUT2D eigenvalue weighted by Gasteiger charge is 2.34. The third kappa shape index (κ3) is 3.71. The Morgan fingerprint density at radius 1 is 0.893 bits per heavy atom. The summed E-state index contributed by atoms with van der Waals surface area (Å²) in [4.78, 5) is 12.6. The number of carbonyl (C=O) groups excluding carboxylic acids is 1. The molecule has 1 saturated heterocycles. The van der Waals surface area contributed by atoms with Crippen LogP contribution in [0.4, 0.5) is 17.6 Å². The Balaban J connectivity index is 1.78. The van der Waals surface area contributed by atoms with Gasteiger partial charge in [-0.25, -0.2) is 26.0 Å². The molecular weight excluding hydrogens is 424 g/mol. The predicted octanol–water partition coefficient (Wildman–Crippen LogP) is 3.04. The molecule has 2 aromatic rings. The van der Waals surface area contributed by atoms with E-state index >= 15 is 0 Å². The average molecular weight is 437 g/mol. The number of amides is 1. The summed E-state index contributed by atoms with van der Waals surface area (Å²) < 4.78 is 80.2. The highest BCUT2D eigenvalue weighted by Crippen LogP contribution is 2.25. The molecule has 28 heavy (non-hydrogen) atoms. The number of hydrogen-bond donors (Lipinski definition) is 0. The molecule has 1 heterocycles. The zero-order chi connectivity index (χ0) is 20.6. The van der Waals surface area contributed by atoms with Crippen LogP contribution in [-0.2, 0) is 10.0 Å². The Kier molecular flexibility index (Phi) is 5.64. The Bertz CT molecular complexity index is 1020. The second-order valence-electron chi connectivity index (χ2n) is 5.99. The molecule has 0 aliphatic carbocycles. The van der Waals surface area contributed by atoms with Crippen LogP contribution in [0.2, 0.25) is 5.02 Å². The Hall–Kier alpha value is -2.17. The molecule has 1 fully saturated rings. The van der Waals surface area contributed by atoms with E-state index in [1.54, 1.807) is 0 Å². The molecule has 11 heteroatoms. The summed E-state index contributed by atoms with van der Waals surface area (Å²) in [6.45, 7) is -0.709. The van der Waals surface area contributed by atoms with Gasteiger partial charge in [0.05, 0.1) is 10.6 Å². The summed E-state index contributed by atoms with van der Waals surface area (Å²) in [5.41, 5.74) is -0.267. The van der Waals surface area contributed by atoms with Crippen molar-refractivity contribution in [1.29, 1.82) is 0 Å². The van der Waals surface area contributed by atoms with E-state index in [1.807, 2.05) is 0 Å². The molecule has 150 valence electrons. The Labute approximate surface area is 163 Å². The third-order valence-corrected chi connectivity index (χ3v) is 6.55. The molecule has 0 aromatic heterocycles. The maximum absolute atomic E-state index is 13.9. The van der Waals surface area contributed by atoms with E-state index in [1.165, 1.54) is 4.90 Å². The molecule has 0 atom stereocenters. The summed E-state index contributed by atoms with van der Waals surface area (Å²) in [5, 5.41) is -0.285. The number of benzene rings is 2. The molecule has 2 aromatic carbocycles. The number of hydrogen-bond acceptors (Lipinski definition) is 3. The lowest BCUT2D eigenvalue weighted by Gasteiger charge is -2.34. The van der Waals surface area contributed by atoms with E-state index in [2.05, 4.69) is 0 Å². The van der Waals surface area contributed by atoms with E-state index in [9.17, 15) is 30.8 Å². The van der Waals surface area contributed by atoms with E-state index in [0.717, 1.165) is 22.5 Å². The molecule has 1 aliphatic rings. The number of carbonyl (C=O) groups is 1. The highest BCUT2D eigenvalue weighted by molar-refractivity contribution is 7.89. The van der Waals surface area contributed by atoms with Crippen LogP contribution in [0.15, 0.2) is 35.2 Å². The Morgan fingerprint density at radius 2 is 1.43 bits per heavy atom. The molecule has 0 unspecified atom stereocenters. The first-order valence-electron chi connectivity index (χ1n) is 8.01. The quantitative estimate of drug-likeness (QED) is 0.549. The van der Waals surface area contributed by atoms with Crippen LogP contribution < -0.4 is 0 Å². The van der Waals surface area contributed by atoms with Crippen LogP contribution in [0.1, 0.15) is 10.4 Å². The zero-order valence-corrected chi connectivity index (χ0v) is 15.7. The lowest BCUT2D eigenvalue weighted by molar-refractivity contribution is 0.0697. The summed E-state index contributed by atoms with van der Waals surface area (Å²) in [6, 6.07) is 4.05. The van der Waals surface area contributed by atoms with Crippen molar-refractivity contribution in [1.82, 2.24) is 9.21 Å². The van der Waals surface area contributed by atoms with Gasteiger partial charge in [0.25, 0.3) is 5.91 Å². The number of piperazine rings is 1. The number of sulfonamides is 1. The van der Waals surface area contributed by atoms with Crippen LogP contribution in [0, 0.1) is 23.3 Å². The molecule has 1 amide bonds. The van der Waals surface area contributed by atoms with Crippen molar-refractivity contribution >= 4 is 27.5 Å². The van der Waals surface area contributed by atoms with Crippen molar-refractivity contribution in [2.24, 2.45) is 0 Å². The van der Waals surface area contributed by atoms with Gasteiger partial charge in [-0.05, 0) is 24.3 Å². The normalized spacial score (nSPS) is 15.7. The van der Waals surface area contributed by atoms with Crippen LogP contribution in [0.5, 0.6) is 0 Å². The van der Waals surface area contributed by atoms with Crippen molar-refractivity contribution in [3.8, 4) is 0 Å². The van der Waals surface area contributed by atoms with Crippen LogP contribution in [-0.4, -0.2) is 49.7 Å². The largest absolute Gasteiger partial charge is 0.336 e. The van der Waals surface area contributed by atoms with Gasteiger partial charge in [0.1, 0.15) is 11.6 Å². The first kappa shape index (κ1) is 20.6. The second-order valence-corrected chi connectivity index (χ2v) is 8.28. The van der Waals surface area contributed by atoms with E-state index < -0.39 is 44.1 Å². The monoisotopic (exact) mass is 436 g/mol. The molecular formula is C17H13ClF4N2O3S. The summed E-state index contributed by atoms with van der Waals surface area (Å²) >= 11 is 5.79. The molecule has 3 rings (SSSR count). The molecule has 0 bridgehead atoms. The first-order valence-corrected chi connectivity index (χ1v) is 9.82. The number of rotatable bonds is 3. The highest BCUT2D eigenvalue weighted by atomic mass is 35.5. The molecule has 0 radical (unpaired) electrons. The van der Waals surface area contributed by atoms with Crippen molar-refractivity contribution in [3.05, 3.63) is 64.2 Å². The van der Waals surface area contributed by atoms with E-state index in [-0.39, 0.29) is 36.8 Å². The average Bonchev–Trinajstić information content (AvgIpc) is 2.64. The van der Waals surface area contributed by atoms with Gasteiger partial charge in [-0.3, -0.25) is 4.79 Å². The first-order chi connectivity index (χ1) is 13.1. The predicted molar refractivity (Wildman–Crippen MR) is 92.4 cm³/mol. The SMILES string of the molecule is O=C(c1cc(F)c(F)cc1Cl)N1CCN(S(=O)(=O)c2c(F)cccc2F)CC1. The topological polar surface area (TPSA) is 57.7 Å². The lowest BCUT2D eigenvalue weighted by atomic mass is 10.1. The summed E-state index contributed by atoms with van der Waals surface area (Å²) in [5.74, 6) is -5.59. The molecule has 0 N–H and O–H groups in total. The van der Waals surface area contributed by atoms with Gasteiger partial charge in [-0.15, -0.1) is 0 Å². The fraction of sp³-hybridized carbons (Fsp3) is 0.235. The van der Waals surface area contributed by atoms with Gasteiger partial charge in [-0.1, -0.05) is 17.7 Å². The van der Waals surface area contributed by atoms with E-state index in [0.29, 0.717) is 12.1 Å². The van der Waals surface area contributed by atoms with Crippen molar-refractivity contribution in [3.63, 3.8) is 0 Å². The molecule has 0 saturated carbocycles. The molecule has 0 spiro atoms. The minimum absolute atomic E-state index is 0.122. The Morgan fingerprint density at radius 3 is 2.00 bits per heavy atom. The maximum Gasteiger partial charge on any atom is 0.255 e. The maximum atomic E-state index is 13.9. The minimum Gasteiger partial charge on any atom is -0.336 e. The van der Waals surface area contributed by atoms with Crippen molar-refractivity contribution in [2.45, 2.75) is 4.90 Å². The van der Waals surface area contributed by atoms with Crippen LogP contribution in [0.25, 0.3) is 0 Å². The van der Waals surface area contributed by atoms with Crippen LogP contribution >= 0.6 is 11.6 Å². The summed E-state index contributed by atoms with van der Waals surface area (Å²) in [6.07, 6.45) is 0. The lowest BCUT2D eigenvalue weighted by Crippen LogP contribution is -2.50. The fourth-order valence-electron chi connectivity index (χ4n) is 2.85. The van der Waals surface area contributed by atoms with Gasteiger partial charge >= 0.3 is 0 Å². The van der Waals surface area contributed by atoms with Gasteiger partial charge in [0, 0.05) is 26.2 Å². The molecule has 1 aliphatic heterocycles.